The van der Waals surface area contributed by atoms with E-state index in [9.17, 15) is 13.2 Å². The monoisotopic (exact) mass is 357 g/mol. The number of hydrogen-bond donors (Lipinski definition) is 0. The van der Waals surface area contributed by atoms with Gasteiger partial charge in [-0.1, -0.05) is 12.8 Å². The van der Waals surface area contributed by atoms with E-state index in [2.05, 4.69) is 9.80 Å². The van der Waals surface area contributed by atoms with Crippen LogP contribution in [-0.2, 0) is 14.8 Å². The Hall–Kier alpha value is -0.660. The van der Waals surface area contributed by atoms with Crippen LogP contribution in [0.15, 0.2) is 0 Å². The minimum absolute atomic E-state index is 0.249. The van der Waals surface area contributed by atoms with Gasteiger partial charge in [0.1, 0.15) is 0 Å². The van der Waals surface area contributed by atoms with Crippen molar-refractivity contribution in [3.05, 3.63) is 0 Å². The number of rotatable bonds is 3. The number of sulfonamides is 1. The second kappa shape index (κ2) is 7.70. The molecular weight excluding hydrogens is 326 g/mol. The Morgan fingerprint density at radius 3 is 2.46 bits per heavy atom. The molecule has 0 N–H and O–H groups in total. The maximum atomic E-state index is 12.9. The number of nitrogens with zero attached hydrogens (tertiary/aromatic N) is 3. The van der Waals surface area contributed by atoms with Gasteiger partial charge in [0.05, 0.1) is 12.8 Å². The molecule has 24 heavy (non-hydrogen) atoms. The summed E-state index contributed by atoms with van der Waals surface area (Å²) in [5, 5.41) is 0. The lowest BCUT2D eigenvalue weighted by atomic mass is 9.78. The van der Waals surface area contributed by atoms with Crippen LogP contribution in [0.5, 0.6) is 0 Å². The van der Waals surface area contributed by atoms with Crippen molar-refractivity contribution in [1.82, 2.24) is 14.1 Å². The van der Waals surface area contributed by atoms with Crippen LogP contribution in [0, 0.1) is 5.92 Å². The van der Waals surface area contributed by atoms with Crippen LogP contribution < -0.4 is 0 Å². The van der Waals surface area contributed by atoms with Crippen molar-refractivity contribution >= 4 is 15.9 Å². The molecule has 6 nitrogen and oxygen atoms in total. The molecule has 3 rings (SSSR count). The lowest BCUT2D eigenvalue weighted by molar-refractivity contribution is -0.138. The first-order chi connectivity index (χ1) is 11.4. The molecule has 0 aromatic rings. The molecule has 7 heteroatoms. The zero-order chi connectivity index (χ0) is 17.2. The number of carbonyl (C=O) groups excluding carboxylic acids is 1. The molecule has 1 aliphatic carbocycles. The standard InChI is InChI=1S/C17H31N3O3S/c1-24(22,23)19-10-5-9-18(12-13-19)14-17(21)20-11-4-7-15-6-2-3-8-16(15)20/h15-16H,2-14H2,1H3. The molecule has 0 aromatic heterocycles. The lowest BCUT2D eigenvalue weighted by Crippen LogP contribution is -2.52. The van der Waals surface area contributed by atoms with E-state index in [1.165, 1.54) is 36.2 Å². The third-order valence-corrected chi connectivity index (χ3v) is 7.24. The van der Waals surface area contributed by atoms with Crippen molar-refractivity contribution in [1.29, 1.82) is 0 Å². The summed E-state index contributed by atoms with van der Waals surface area (Å²) in [5.41, 5.74) is 0. The predicted molar refractivity (Wildman–Crippen MR) is 94.2 cm³/mol. The normalized spacial score (nSPS) is 30.6. The fourth-order valence-electron chi connectivity index (χ4n) is 4.65. The number of amides is 1. The van der Waals surface area contributed by atoms with E-state index in [0.29, 0.717) is 38.1 Å². The zero-order valence-corrected chi connectivity index (χ0v) is 15.6. The molecule has 0 aromatic carbocycles. The van der Waals surface area contributed by atoms with Gasteiger partial charge in [-0.3, -0.25) is 9.69 Å². The average Bonchev–Trinajstić information content (AvgIpc) is 2.79. The van der Waals surface area contributed by atoms with Gasteiger partial charge in [0.25, 0.3) is 0 Å². The maximum Gasteiger partial charge on any atom is 0.237 e. The summed E-state index contributed by atoms with van der Waals surface area (Å²) >= 11 is 0. The third kappa shape index (κ3) is 4.29. The van der Waals surface area contributed by atoms with Gasteiger partial charge in [-0.25, -0.2) is 12.7 Å². The molecule has 0 bridgehead atoms. The van der Waals surface area contributed by atoms with Gasteiger partial charge in [0, 0.05) is 32.2 Å². The van der Waals surface area contributed by atoms with Crippen LogP contribution in [0.1, 0.15) is 44.9 Å². The Balaban J connectivity index is 1.56. The highest BCUT2D eigenvalue weighted by atomic mass is 32.2. The molecule has 1 saturated carbocycles. The van der Waals surface area contributed by atoms with Gasteiger partial charge in [0.15, 0.2) is 0 Å². The molecule has 0 spiro atoms. The van der Waals surface area contributed by atoms with E-state index >= 15 is 0 Å². The van der Waals surface area contributed by atoms with Crippen molar-refractivity contribution in [2.24, 2.45) is 5.92 Å². The van der Waals surface area contributed by atoms with Gasteiger partial charge < -0.3 is 4.90 Å². The first-order valence-electron chi connectivity index (χ1n) is 9.42. The smallest absolute Gasteiger partial charge is 0.237 e. The summed E-state index contributed by atoms with van der Waals surface area (Å²) in [6.45, 7) is 3.88. The molecule has 3 aliphatic rings. The predicted octanol–water partition coefficient (Wildman–Crippen LogP) is 1.13. The van der Waals surface area contributed by atoms with Gasteiger partial charge >= 0.3 is 0 Å². The number of piperidine rings is 1. The molecule has 2 saturated heterocycles. The second-order valence-electron chi connectivity index (χ2n) is 7.63. The second-order valence-corrected chi connectivity index (χ2v) is 9.62. The molecule has 0 radical (unpaired) electrons. The van der Waals surface area contributed by atoms with Gasteiger partial charge in [-0.2, -0.15) is 0 Å². The highest BCUT2D eigenvalue weighted by Crippen LogP contribution is 2.35. The van der Waals surface area contributed by atoms with Crippen LogP contribution in [0.2, 0.25) is 0 Å². The number of hydrogen-bond acceptors (Lipinski definition) is 4. The lowest BCUT2D eigenvalue weighted by Gasteiger charge is -2.44. The molecule has 2 atom stereocenters. The van der Waals surface area contributed by atoms with Crippen LogP contribution in [0.3, 0.4) is 0 Å². The Morgan fingerprint density at radius 1 is 0.917 bits per heavy atom. The van der Waals surface area contributed by atoms with Crippen molar-refractivity contribution in [2.45, 2.75) is 51.0 Å². The van der Waals surface area contributed by atoms with E-state index in [1.54, 1.807) is 0 Å². The average molecular weight is 358 g/mol. The molecule has 3 fully saturated rings. The SMILES string of the molecule is CS(=O)(=O)N1CCCN(CC(=O)N2CCCC3CCCCC32)CC1. The molecule has 1 amide bonds. The minimum atomic E-state index is -3.13. The van der Waals surface area contributed by atoms with Crippen molar-refractivity contribution in [3.63, 3.8) is 0 Å². The minimum Gasteiger partial charge on any atom is -0.338 e. The topological polar surface area (TPSA) is 60.9 Å². The van der Waals surface area contributed by atoms with Crippen LogP contribution >= 0.6 is 0 Å². The maximum absolute atomic E-state index is 12.9. The van der Waals surface area contributed by atoms with E-state index in [-0.39, 0.29) is 5.91 Å². The Morgan fingerprint density at radius 2 is 1.67 bits per heavy atom. The summed E-state index contributed by atoms with van der Waals surface area (Å²) in [4.78, 5) is 17.1. The quantitative estimate of drug-likeness (QED) is 0.760. The van der Waals surface area contributed by atoms with Gasteiger partial charge in [0.2, 0.25) is 15.9 Å². The number of likely N-dealkylation sites (tertiary alicyclic amines) is 1. The number of carbonyl (C=O) groups is 1. The van der Waals surface area contributed by atoms with Crippen LogP contribution in [0.4, 0.5) is 0 Å². The molecule has 2 heterocycles. The first-order valence-corrected chi connectivity index (χ1v) is 11.3. The zero-order valence-electron chi connectivity index (χ0n) is 14.8. The summed E-state index contributed by atoms with van der Waals surface area (Å²) in [6, 6.07) is 0.458. The third-order valence-electron chi connectivity index (χ3n) is 5.94. The van der Waals surface area contributed by atoms with E-state index in [1.807, 2.05) is 0 Å². The molecule has 2 aliphatic heterocycles. The first kappa shape index (κ1) is 18.1. The molecule has 138 valence electrons. The fraction of sp³-hybridized carbons (Fsp3) is 0.941. The highest BCUT2D eigenvalue weighted by Gasteiger charge is 2.36. The van der Waals surface area contributed by atoms with E-state index < -0.39 is 10.0 Å². The fourth-order valence-corrected chi connectivity index (χ4v) is 5.53. The van der Waals surface area contributed by atoms with Crippen molar-refractivity contribution in [3.8, 4) is 0 Å². The van der Waals surface area contributed by atoms with E-state index in [4.69, 9.17) is 0 Å². The van der Waals surface area contributed by atoms with Gasteiger partial charge in [-0.15, -0.1) is 0 Å². The van der Waals surface area contributed by atoms with E-state index in [0.717, 1.165) is 32.4 Å². The summed E-state index contributed by atoms with van der Waals surface area (Å²) in [7, 11) is -3.13. The van der Waals surface area contributed by atoms with Crippen molar-refractivity contribution < 1.29 is 13.2 Å². The van der Waals surface area contributed by atoms with Crippen LogP contribution in [-0.4, -0.2) is 80.0 Å². The summed E-state index contributed by atoms with van der Waals surface area (Å²) in [5.74, 6) is 0.959. The Bertz CT molecular complexity index is 549. The summed E-state index contributed by atoms with van der Waals surface area (Å²) < 4.78 is 24.9. The van der Waals surface area contributed by atoms with Gasteiger partial charge in [-0.05, 0) is 44.6 Å². The highest BCUT2D eigenvalue weighted by molar-refractivity contribution is 7.88. The largest absolute Gasteiger partial charge is 0.338 e. The summed E-state index contributed by atoms with van der Waals surface area (Å²) in [6.07, 6.45) is 9.49. The van der Waals surface area contributed by atoms with Crippen molar-refractivity contribution in [2.75, 3.05) is 45.5 Å². The Kier molecular flexibility index (Phi) is 5.82. The molecular formula is C17H31N3O3S. The Labute approximate surface area is 146 Å². The number of fused-ring (bicyclic) bond motifs is 1. The van der Waals surface area contributed by atoms with Crippen LogP contribution in [0.25, 0.3) is 0 Å². The molecule has 2 unspecified atom stereocenters.